The molecule has 0 spiro atoms. The van der Waals surface area contributed by atoms with Gasteiger partial charge >= 0.3 is 0 Å². The summed E-state index contributed by atoms with van der Waals surface area (Å²) in [7, 11) is 0. The zero-order valence-corrected chi connectivity index (χ0v) is 18.1. The lowest BCUT2D eigenvalue weighted by Gasteiger charge is -2.35. The van der Waals surface area contributed by atoms with E-state index in [0.717, 1.165) is 5.56 Å². The summed E-state index contributed by atoms with van der Waals surface area (Å²) in [4.78, 5) is 41.3. The minimum absolute atomic E-state index is 0.120. The zero-order chi connectivity index (χ0) is 22.7. The molecule has 2 aliphatic rings. The number of carbonyl (C=O) groups excluding carboxylic acids is 3. The normalized spacial score (nSPS) is 16.8. The molecule has 0 unspecified atom stereocenters. The fraction of sp³-hybridized carbons (Fsp3) is 0.304. The second-order valence-electron chi connectivity index (χ2n) is 7.72. The molecule has 1 saturated heterocycles. The van der Waals surface area contributed by atoms with E-state index in [1.54, 1.807) is 46.2 Å². The largest absolute Gasteiger partial charge is 0.335 e. The summed E-state index contributed by atoms with van der Waals surface area (Å²) in [5.74, 6) is -0.879. The van der Waals surface area contributed by atoms with Crippen molar-refractivity contribution in [3.8, 4) is 0 Å². The number of hydrogen-bond acceptors (Lipinski definition) is 4. The quantitative estimate of drug-likeness (QED) is 0.710. The Morgan fingerprint density at radius 2 is 1.59 bits per heavy atom. The fourth-order valence-electron chi connectivity index (χ4n) is 3.74. The van der Waals surface area contributed by atoms with E-state index in [2.05, 4.69) is 5.10 Å². The number of hydrazone groups is 1. The maximum atomic E-state index is 13.1. The molecule has 2 aliphatic heterocycles. The Bertz CT molecular complexity index is 1070. The van der Waals surface area contributed by atoms with E-state index >= 15 is 0 Å². The van der Waals surface area contributed by atoms with Crippen LogP contribution in [0.2, 0.25) is 5.02 Å². The zero-order valence-electron chi connectivity index (χ0n) is 17.3. The van der Waals surface area contributed by atoms with Crippen LogP contribution in [0.1, 0.15) is 28.8 Å². The Hall–Kier alpha value is -3.26. The molecule has 4 rings (SSSR count). The van der Waals surface area contributed by atoms with Crippen molar-refractivity contribution in [2.45, 2.75) is 19.4 Å². The SMILES string of the molecule is O=C(C1=NN(Cc2ccc(F)cc2)C(=O)CC1)N1CCN(C(=O)c2cccc(Cl)c2)CC1. The highest BCUT2D eigenvalue weighted by molar-refractivity contribution is 6.39. The van der Waals surface area contributed by atoms with E-state index < -0.39 is 0 Å². The molecule has 0 saturated carbocycles. The lowest BCUT2D eigenvalue weighted by molar-refractivity contribution is -0.132. The first kappa shape index (κ1) is 22.0. The smallest absolute Gasteiger partial charge is 0.270 e. The average molecular weight is 457 g/mol. The van der Waals surface area contributed by atoms with Gasteiger partial charge in [-0.3, -0.25) is 14.4 Å². The third-order valence-electron chi connectivity index (χ3n) is 5.52. The van der Waals surface area contributed by atoms with Crippen LogP contribution in [0, 0.1) is 5.82 Å². The Morgan fingerprint density at radius 1 is 0.938 bits per heavy atom. The molecule has 1 fully saturated rings. The molecule has 32 heavy (non-hydrogen) atoms. The summed E-state index contributed by atoms with van der Waals surface area (Å²) in [6, 6.07) is 12.6. The van der Waals surface area contributed by atoms with Gasteiger partial charge in [-0.25, -0.2) is 9.40 Å². The number of rotatable bonds is 4. The molecule has 0 N–H and O–H groups in total. The van der Waals surface area contributed by atoms with Gasteiger partial charge in [-0.15, -0.1) is 0 Å². The first-order valence-corrected chi connectivity index (χ1v) is 10.7. The minimum atomic E-state index is -0.355. The van der Waals surface area contributed by atoms with Gasteiger partial charge in [-0.05, 0) is 35.9 Å². The van der Waals surface area contributed by atoms with Crippen LogP contribution in [0.4, 0.5) is 4.39 Å². The predicted octanol–water partition coefficient (Wildman–Crippen LogP) is 2.94. The first-order chi connectivity index (χ1) is 15.4. The molecule has 2 aromatic carbocycles. The molecule has 0 aliphatic carbocycles. The molecule has 0 radical (unpaired) electrons. The Morgan fingerprint density at radius 3 is 2.25 bits per heavy atom. The van der Waals surface area contributed by atoms with Gasteiger partial charge in [0.1, 0.15) is 11.5 Å². The summed E-state index contributed by atoms with van der Waals surface area (Å²) in [6.45, 7) is 1.76. The highest BCUT2D eigenvalue weighted by Crippen LogP contribution is 2.17. The molecule has 2 heterocycles. The maximum Gasteiger partial charge on any atom is 0.270 e. The monoisotopic (exact) mass is 456 g/mol. The third-order valence-corrected chi connectivity index (χ3v) is 5.76. The van der Waals surface area contributed by atoms with Gasteiger partial charge in [0.05, 0.1) is 6.54 Å². The van der Waals surface area contributed by atoms with Gasteiger partial charge < -0.3 is 9.80 Å². The molecule has 0 bridgehead atoms. The van der Waals surface area contributed by atoms with Gasteiger partial charge in [0.2, 0.25) is 5.91 Å². The first-order valence-electron chi connectivity index (χ1n) is 10.4. The summed E-state index contributed by atoms with van der Waals surface area (Å²) >= 11 is 5.98. The van der Waals surface area contributed by atoms with Crippen LogP contribution in [-0.2, 0) is 16.1 Å². The highest BCUT2D eigenvalue weighted by Gasteiger charge is 2.30. The van der Waals surface area contributed by atoms with E-state index in [4.69, 9.17) is 11.6 Å². The van der Waals surface area contributed by atoms with Crippen LogP contribution in [0.25, 0.3) is 0 Å². The second kappa shape index (κ2) is 9.48. The molecule has 2 aromatic rings. The summed E-state index contributed by atoms with van der Waals surface area (Å²) in [6.07, 6.45) is 0.470. The van der Waals surface area contributed by atoms with E-state index in [0.29, 0.717) is 42.5 Å². The second-order valence-corrected chi connectivity index (χ2v) is 8.16. The van der Waals surface area contributed by atoms with E-state index in [-0.39, 0.29) is 42.9 Å². The van der Waals surface area contributed by atoms with Crippen molar-refractivity contribution in [2.75, 3.05) is 26.2 Å². The summed E-state index contributed by atoms with van der Waals surface area (Å²) in [5, 5.41) is 6.05. The van der Waals surface area contributed by atoms with Gasteiger partial charge in [-0.2, -0.15) is 5.10 Å². The van der Waals surface area contributed by atoms with Gasteiger partial charge in [0.15, 0.2) is 0 Å². The van der Waals surface area contributed by atoms with Crippen molar-refractivity contribution < 1.29 is 18.8 Å². The summed E-state index contributed by atoms with van der Waals surface area (Å²) in [5.41, 5.74) is 1.57. The number of halogens is 2. The number of benzene rings is 2. The molecule has 3 amide bonds. The average Bonchev–Trinajstić information content (AvgIpc) is 2.81. The van der Waals surface area contributed by atoms with Crippen molar-refractivity contribution in [2.24, 2.45) is 5.10 Å². The van der Waals surface area contributed by atoms with Crippen molar-refractivity contribution >= 4 is 35.0 Å². The van der Waals surface area contributed by atoms with Crippen LogP contribution < -0.4 is 0 Å². The lowest BCUT2D eigenvalue weighted by atomic mass is 10.1. The van der Waals surface area contributed by atoms with Gasteiger partial charge in [0, 0.05) is 49.6 Å². The van der Waals surface area contributed by atoms with E-state index in [9.17, 15) is 18.8 Å². The van der Waals surface area contributed by atoms with Crippen LogP contribution >= 0.6 is 11.6 Å². The van der Waals surface area contributed by atoms with Crippen LogP contribution in [0.5, 0.6) is 0 Å². The Balaban J connectivity index is 1.38. The van der Waals surface area contributed by atoms with Crippen molar-refractivity contribution in [1.29, 1.82) is 0 Å². The number of nitrogens with zero attached hydrogens (tertiary/aromatic N) is 4. The summed E-state index contributed by atoms with van der Waals surface area (Å²) < 4.78 is 13.1. The standard InChI is InChI=1S/C23H22ClFN4O3/c24-18-3-1-2-17(14-18)22(31)27-10-12-28(13-11-27)23(32)20-8-9-21(30)29(26-20)15-16-4-6-19(25)7-5-16/h1-7,14H,8-13,15H2. The van der Waals surface area contributed by atoms with Gasteiger partial charge in [-0.1, -0.05) is 29.8 Å². The van der Waals surface area contributed by atoms with Crippen LogP contribution in [-0.4, -0.2) is 64.4 Å². The van der Waals surface area contributed by atoms with Crippen molar-refractivity contribution in [3.63, 3.8) is 0 Å². The number of hydrogen-bond donors (Lipinski definition) is 0. The molecule has 0 aromatic heterocycles. The van der Waals surface area contributed by atoms with Gasteiger partial charge in [0.25, 0.3) is 11.8 Å². The van der Waals surface area contributed by atoms with E-state index in [1.807, 2.05) is 0 Å². The Labute approximate surface area is 190 Å². The Kier molecular flexibility index (Phi) is 6.50. The topological polar surface area (TPSA) is 73.3 Å². The van der Waals surface area contributed by atoms with Crippen LogP contribution in [0.3, 0.4) is 0 Å². The molecule has 166 valence electrons. The predicted molar refractivity (Wildman–Crippen MR) is 118 cm³/mol. The van der Waals surface area contributed by atoms with Crippen molar-refractivity contribution in [3.05, 3.63) is 70.5 Å². The minimum Gasteiger partial charge on any atom is -0.335 e. The molecular formula is C23H22ClFN4O3. The molecule has 0 atom stereocenters. The van der Waals surface area contributed by atoms with Crippen molar-refractivity contribution in [1.82, 2.24) is 14.8 Å². The molecule has 7 nitrogen and oxygen atoms in total. The number of piperazine rings is 1. The fourth-order valence-corrected chi connectivity index (χ4v) is 3.93. The maximum absolute atomic E-state index is 13.1. The number of amides is 3. The molecular weight excluding hydrogens is 435 g/mol. The third kappa shape index (κ3) is 4.96. The number of carbonyl (C=O) groups is 3. The lowest BCUT2D eigenvalue weighted by Crippen LogP contribution is -2.52. The molecule has 9 heteroatoms. The van der Waals surface area contributed by atoms with Crippen LogP contribution in [0.15, 0.2) is 53.6 Å². The van der Waals surface area contributed by atoms with E-state index in [1.165, 1.54) is 17.1 Å². The highest BCUT2D eigenvalue weighted by atomic mass is 35.5.